The number of thiocarbonyl (C=S) groups is 1. The van der Waals surface area contributed by atoms with Crippen molar-refractivity contribution < 1.29 is 19.8 Å². The van der Waals surface area contributed by atoms with E-state index in [0.717, 1.165) is 27.8 Å². The van der Waals surface area contributed by atoms with Crippen LogP contribution in [0.3, 0.4) is 0 Å². The molecule has 1 saturated heterocycles. The molecule has 1 N–H and O–H groups in total. The van der Waals surface area contributed by atoms with Crippen LogP contribution < -0.4 is 5.11 Å². The molecule has 1 heterocycles. The van der Waals surface area contributed by atoms with Crippen molar-refractivity contribution in [3.63, 3.8) is 0 Å². The maximum atomic E-state index is 12.3. The number of benzene rings is 1. The summed E-state index contributed by atoms with van der Waals surface area (Å²) < 4.78 is 0.0945. The van der Waals surface area contributed by atoms with Gasteiger partial charge >= 0.3 is 0 Å². The van der Waals surface area contributed by atoms with Crippen molar-refractivity contribution in [2.75, 3.05) is 6.61 Å². The minimum atomic E-state index is -1.54. The molecule has 1 aliphatic heterocycles. The van der Waals surface area contributed by atoms with E-state index in [1.165, 1.54) is 0 Å². The van der Waals surface area contributed by atoms with Crippen molar-refractivity contribution in [2.45, 2.75) is 13.0 Å². The number of carboxylic acid groups (broad SMARTS) is 1. The quantitative estimate of drug-likeness (QED) is 0.630. The fourth-order valence-corrected chi connectivity index (χ4v) is 3.48. The van der Waals surface area contributed by atoms with Crippen LogP contribution in [0.2, 0.25) is 0 Å². The van der Waals surface area contributed by atoms with Crippen molar-refractivity contribution in [3.05, 3.63) is 52.4 Å². The van der Waals surface area contributed by atoms with Gasteiger partial charge in [0, 0.05) is 0 Å². The van der Waals surface area contributed by atoms with Gasteiger partial charge in [0.1, 0.15) is 10.4 Å². The van der Waals surface area contributed by atoms with E-state index in [0.29, 0.717) is 4.91 Å². The molecular formula is C16H14NO4S2-. The first-order valence-electron chi connectivity index (χ1n) is 6.76. The molecule has 23 heavy (non-hydrogen) atoms. The Morgan fingerprint density at radius 2 is 2.09 bits per heavy atom. The summed E-state index contributed by atoms with van der Waals surface area (Å²) in [6.07, 6.45) is 3.55. The van der Waals surface area contributed by atoms with Crippen LogP contribution in [0.1, 0.15) is 12.5 Å². The fraction of sp³-hybridized carbons (Fsp3) is 0.188. The normalized spacial score (nSPS) is 18.6. The van der Waals surface area contributed by atoms with Gasteiger partial charge in [-0.15, -0.1) is 0 Å². The summed E-state index contributed by atoms with van der Waals surface area (Å²) in [7, 11) is 0. The number of aliphatic hydroxyl groups is 1. The molecule has 120 valence electrons. The topological polar surface area (TPSA) is 80.7 Å². The van der Waals surface area contributed by atoms with Crippen LogP contribution >= 0.6 is 24.0 Å². The molecule has 0 saturated carbocycles. The number of thioether (sulfide) groups is 1. The van der Waals surface area contributed by atoms with Gasteiger partial charge in [-0.1, -0.05) is 60.4 Å². The first-order chi connectivity index (χ1) is 10.9. The van der Waals surface area contributed by atoms with Crippen LogP contribution in [0.15, 0.2) is 46.9 Å². The lowest BCUT2D eigenvalue weighted by molar-refractivity contribution is -0.311. The highest BCUT2D eigenvalue weighted by atomic mass is 32.2. The first-order valence-corrected chi connectivity index (χ1v) is 7.98. The van der Waals surface area contributed by atoms with Crippen LogP contribution in [0.4, 0.5) is 0 Å². The lowest BCUT2D eigenvalue weighted by Gasteiger charge is -2.25. The molecule has 1 aliphatic rings. The number of rotatable bonds is 5. The average molecular weight is 348 g/mol. The third kappa shape index (κ3) is 4.07. The molecule has 0 bridgehead atoms. The number of hydrogen-bond donors (Lipinski definition) is 1. The first kappa shape index (κ1) is 17.4. The van der Waals surface area contributed by atoms with E-state index in [9.17, 15) is 14.7 Å². The summed E-state index contributed by atoms with van der Waals surface area (Å²) >= 11 is 6.05. The van der Waals surface area contributed by atoms with Gasteiger partial charge in [0.05, 0.1) is 17.5 Å². The summed E-state index contributed by atoms with van der Waals surface area (Å²) in [6, 6.07) is 8.12. The number of carbonyl (C=O) groups is 2. The molecule has 0 aliphatic carbocycles. The minimum absolute atomic E-state index is 0.0945. The molecule has 1 aromatic rings. The molecule has 0 spiro atoms. The molecular weight excluding hydrogens is 334 g/mol. The number of aliphatic carboxylic acids is 1. The summed E-state index contributed by atoms with van der Waals surface area (Å²) in [5.74, 6) is -2.08. The van der Waals surface area contributed by atoms with Gasteiger partial charge in [-0.25, -0.2) is 0 Å². The molecule has 1 amide bonds. The smallest absolute Gasteiger partial charge is 0.266 e. The largest absolute Gasteiger partial charge is 0.548 e. The maximum Gasteiger partial charge on any atom is 0.266 e. The summed E-state index contributed by atoms with van der Waals surface area (Å²) in [5.41, 5.74) is 1.81. The Labute approximate surface area is 143 Å². The maximum absolute atomic E-state index is 12.3. The van der Waals surface area contributed by atoms with Crippen LogP contribution in [-0.4, -0.2) is 38.9 Å². The standard InChI is InChI=1S/C16H15NO4S2/c1-10(7-11-5-3-2-4-6-11)8-13-14(19)17(16(22)23-13)12(9-18)15(20)21/h2-8,12,18H,9H2,1H3,(H,20,21)/p-1/b10-7+,13-8-/t12-/m1/s1. The van der Waals surface area contributed by atoms with Crippen LogP contribution in [-0.2, 0) is 9.59 Å². The monoisotopic (exact) mass is 348 g/mol. The lowest BCUT2D eigenvalue weighted by Crippen LogP contribution is -2.51. The third-order valence-electron chi connectivity index (χ3n) is 3.13. The average Bonchev–Trinajstić information content (AvgIpc) is 2.76. The number of allylic oxidation sites excluding steroid dienone is 2. The van der Waals surface area contributed by atoms with E-state index in [1.54, 1.807) is 6.08 Å². The Morgan fingerprint density at radius 3 is 2.65 bits per heavy atom. The Hall–Kier alpha value is -1.96. The Morgan fingerprint density at radius 1 is 1.43 bits per heavy atom. The third-order valence-corrected chi connectivity index (χ3v) is 4.46. The highest BCUT2D eigenvalue weighted by molar-refractivity contribution is 8.26. The Bertz CT molecular complexity index is 697. The highest BCUT2D eigenvalue weighted by Crippen LogP contribution is 2.33. The van der Waals surface area contributed by atoms with E-state index in [2.05, 4.69) is 0 Å². The SMILES string of the molecule is CC(/C=C1\SC(=S)N([C@H](CO)C(=O)[O-])C1=O)=C\c1ccccc1. The zero-order valence-electron chi connectivity index (χ0n) is 12.3. The van der Waals surface area contributed by atoms with Gasteiger partial charge in [-0.05, 0) is 24.1 Å². The summed E-state index contributed by atoms with van der Waals surface area (Å²) in [4.78, 5) is 24.5. The second kappa shape index (κ2) is 7.54. The van der Waals surface area contributed by atoms with Crippen molar-refractivity contribution in [2.24, 2.45) is 0 Å². The number of nitrogens with zero attached hydrogens (tertiary/aromatic N) is 1. The summed E-state index contributed by atoms with van der Waals surface area (Å²) in [5, 5.41) is 20.2. The van der Waals surface area contributed by atoms with Gasteiger partial charge in [-0.2, -0.15) is 0 Å². The van der Waals surface area contributed by atoms with Gasteiger partial charge in [-0.3, -0.25) is 9.69 Å². The number of carbonyl (C=O) groups excluding carboxylic acids is 2. The second-order valence-corrected chi connectivity index (χ2v) is 6.54. The van der Waals surface area contributed by atoms with E-state index in [-0.39, 0.29) is 4.32 Å². The van der Waals surface area contributed by atoms with Crippen molar-refractivity contribution >= 4 is 46.3 Å². The Balaban J connectivity index is 2.25. The van der Waals surface area contributed by atoms with Gasteiger partial charge in [0.25, 0.3) is 5.91 Å². The van der Waals surface area contributed by atoms with Gasteiger partial charge in [0.2, 0.25) is 0 Å². The van der Waals surface area contributed by atoms with E-state index >= 15 is 0 Å². The molecule has 5 nitrogen and oxygen atoms in total. The highest BCUT2D eigenvalue weighted by Gasteiger charge is 2.37. The predicted octanol–water partition coefficient (Wildman–Crippen LogP) is 0.945. The number of aliphatic hydroxyl groups excluding tert-OH is 1. The molecule has 2 rings (SSSR count). The van der Waals surface area contributed by atoms with Crippen LogP contribution in [0, 0.1) is 0 Å². The van der Waals surface area contributed by atoms with E-state index in [1.807, 2.05) is 43.3 Å². The number of carboxylic acids is 1. The van der Waals surface area contributed by atoms with Crippen molar-refractivity contribution in [3.8, 4) is 0 Å². The lowest BCUT2D eigenvalue weighted by atomic mass is 10.1. The van der Waals surface area contributed by atoms with Crippen molar-refractivity contribution in [1.29, 1.82) is 0 Å². The zero-order valence-corrected chi connectivity index (χ0v) is 13.9. The fourth-order valence-electron chi connectivity index (χ4n) is 2.07. The van der Waals surface area contributed by atoms with Crippen LogP contribution in [0.5, 0.6) is 0 Å². The molecule has 0 aromatic heterocycles. The number of amides is 1. The van der Waals surface area contributed by atoms with E-state index < -0.39 is 24.5 Å². The van der Waals surface area contributed by atoms with Crippen LogP contribution in [0.25, 0.3) is 6.08 Å². The molecule has 0 radical (unpaired) electrons. The predicted molar refractivity (Wildman–Crippen MR) is 91.1 cm³/mol. The minimum Gasteiger partial charge on any atom is -0.548 e. The summed E-state index contributed by atoms with van der Waals surface area (Å²) in [6.45, 7) is 1.09. The molecule has 1 aromatic carbocycles. The second-order valence-electron chi connectivity index (χ2n) is 4.87. The molecule has 0 unspecified atom stereocenters. The van der Waals surface area contributed by atoms with E-state index in [4.69, 9.17) is 17.3 Å². The Kier molecular flexibility index (Phi) is 5.70. The molecule has 1 fully saturated rings. The van der Waals surface area contributed by atoms with Crippen molar-refractivity contribution in [1.82, 2.24) is 4.90 Å². The van der Waals surface area contributed by atoms with Gasteiger partial charge in [0.15, 0.2) is 0 Å². The zero-order chi connectivity index (χ0) is 17.0. The molecule has 1 atom stereocenters. The molecule has 7 heteroatoms. The number of hydrogen-bond acceptors (Lipinski definition) is 6. The van der Waals surface area contributed by atoms with Gasteiger partial charge < -0.3 is 15.0 Å².